The molecule has 0 bridgehead atoms. The van der Waals surface area contributed by atoms with Crippen molar-refractivity contribution in [1.29, 1.82) is 0 Å². The Kier molecular flexibility index (Phi) is 3.54. The smallest absolute Gasteiger partial charge is 0.0490 e. The third-order valence-electron chi connectivity index (χ3n) is 4.76. The molecule has 0 aromatic carbocycles. The van der Waals surface area contributed by atoms with Crippen LogP contribution in [0.4, 0.5) is 0 Å². The Labute approximate surface area is 113 Å². The fourth-order valence-corrected chi connectivity index (χ4v) is 3.16. The molecule has 2 aliphatic heterocycles. The molecular weight excluding hydrogens is 222 g/mol. The minimum absolute atomic E-state index is 0.289. The topological polar surface area (TPSA) is 18.5 Å². The predicted molar refractivity (Wildman–Crippen MR) is 77.8 cm³/mol. The number of likely N-dealkylation sites (tertiary alicyclic amines) is 1. The first kappa shape index (κ1) is 14.3. The highest BCUT2D eigenvalue weighted by Gasteiger charge is 2.44. The van der Waals surface area contributed by atoms with Crippen molar-refractivity contribution in [2.24, 2.45) is 0 Å². The van der Waals surface area contributed by atoms with Gasteiger partial charge in [0.2, 0.25) is 0 Å². The lowest BCUT2D eigenvalue weighted by molar-refractivity contribution is 0.0665. The maximum atomic E-state index is 3.80. The summed E-state index contributed by atoms with van der Waals surface area (Å²) in [5, 5.41) is 3.80. The van der Waals surface area contributed by atoms with Crippen molar-refractivity contribution >= 4 is 0 Å². The Morgan fingerprint density at radius 1 is 0.833 bits per heavy atom. The largest absolute Gasteiger partial charge is 0.298 e. The van der Waals surface area contributed by atoms with E-state index in [1.807, 2.05) is 0 Å². The summed E-state index contributed by atoms with van der Waals surface area (Å²) in [6.45, 7) is 18.7. The molecule has 0 amide bonds. The molecule has 0 radical (unpaired) electrons. The lowest BCUT2D eigenvalue weighted by Gasteiger charge is -2.45. The van der Waals surface area contributed by atoms with Gasteiger partial charge >= 0.3 is 0 Å². The van der Waals surface area contributed by atoms with Crippen LogP contribution in [0.3, 0.4) is 0 Å². The second-order valence-corrected chi connectivity index (χ2v) is 8.14. The van der Waals surface area contributed by atoms with E-state index in [2.05, 4.69) is 56.7 Å². The molecule has 1 spiro atoms. The zero-order chi connectivity index (χ0) is 13.6. The molecule has 2 fully saturated rings. The lowest BCUT2D eigenvalue weighted by atomic mass is 9.86. The highest BCUT2D eigenvalue weighted by Crippen LogP contribution is 2.32. The van der Waals surface area contributed by atoms with Crippen LogP contribution in [0, 0.1) is 0 Å². The van der Waals surface area contributed by atoms with Crippen LogP contribution < -0.4 is 5.32 Å². The maximum Gasteiger partial charge on any atom is 0.0490 e. The molecule has 0 unspecified atom stereocenters. The standard InChI is InChI=1S/C15H31N3/c1-13(2,3)17-9-7-15(8-10-17)11-18(12-16-15)14(4,5)6/h16H,7-12H2,1-6H3. The van der Waals surface area contributed by atoms with Crippen molar-refractivity contribution in [2.75, 3.05) is 26.3 Å². The van der Waals surface area contributed by atoms with E-state index in [1.165, 1.54) is 32.5 Å². The molecule has 2 saturated heterocycles. The summed E-state index contributed by atoms with van der Waals surface area (Å²) in [5.41, 5.74) is 0.997. The molecule has 18 heavy (non-hydrogen) atoms. The number of nitrogens with one attached hydrogen (secondary N) is 1. The number of rotatable bonds is 0. The fraction of sp³-hybridized carbons (Fsp3) is 1.00. The normalized spacial score (nSPS) is 27.0. The van der Waals surface area contributed by atoms with E-state index in [0.717, 1.165) is 6.67 Å². The SMILES string of the molecule is CC(C)(C)N1CCC2(CC1)CN(C(C)(C)C)CN2. The first-order valence-electron chi connectivity index (χ1n) is 7.38. The van der Waals surface area contributed by atoms with Gasteiger partial charge in [-0.3, -0.25) is 15.1 Å². The Morgan fingerprint density at radius 2 is 1.33 bits per heavy atom. The molecule has 106 valence electrons. The molecule has 2 aliphatic rings. The van der Waals surface area contributed by atoms with Gasteiger partial charge in [-0.2, -0.15) is 0 Å². The molecule has 0 aromatic heterocycles. The van der Waals surface area contributed by atoms with Gasteiger partial charge in [0, 0.05) is 42.9 Å². The molecule has 3 heteroatoms. The second kappa shape index (κ2) is 4.46. The minimum Gasteiger partial charge on any atom is -0.298 e. The van der Waals surface area contributed by atoms with E-state index in [4.69, 9.17) is 0 Å². The maximum absolute atomic E-state index is 3.80. The van der Waals surface area contributed by atoms with Crippen molar-refractivity contribution in [1.82, 2.24) is 15.1 Å². The predicted octanol–water partition coefficient (Wildman–Crippen LogP) is 2.28. The summed E-state index contributed by atoms with van der Waals surface area (Å²) in [4.78, 5) is 5.21. The van der Waals surface area contributed by atoms with E-state index in [0.29, 0.717) is 11.1 Å². The minimum atomic E-state index is 0.289. The van der Waals surface area contributed by atoms with Crippen LogP contribution in [0.2, 0.25) is 0 Å². The van der Waals surface area contributed by atoms with Crippen LogP contribution >= 0.6 is 0 Å². The van der Waals surface area contributed by atoms with Crippen LogP contribution in [-0.4, -0.2) is 52.7 Å². The van der Waals surface area contributed by atoms with Gasteiger partial charge < -0.3 is 0 Å². The van der Waals surface area contributed by atoms with Crippen molar-refractivity contribution in [3.05, 3.63) is 0 Å². The quantitative estimate of drug-likeness (QED) is 0.714. The van der Waals surface area contributed by atoms with Gasteiger partial charge in [0.15, 0.2) is 0 Å². The lowest BCUT2D eigenvalue weighted by Crippen LogP contribution is -2.56. The summed E-state index contributed by atoms with van der Waals surface area (Å²) in [6, 6.07) is 0. The molecule has 0 atom stereocenters. The summed E-state index contributed by atoms with van der Waals surface area (Å²) >= 11 is 0. The van der Waals surface area contributed by atoms with Crippen molar-refractivity contribution in [3.8, 4) is 0 Å². The Morgan fingerprint density at radius 3 is 1.72 bits per heavy atom. The first-order valence-corrected chi connectivity index (χ1v) is 7.38. The van der Waals surface area contributed by atoms with E-state index >= 15 is 0 Å². The van der Waals surface area contributed by atoms with Crippen LogP contribution in [0.5, 0.6) is 0 Å². The van der Waals surface area contributed by atoms with Crippen molar-refractivity contribution < 1.29 is 0 Å². The number of hydrogen-bond donors (Lipinski definition) is 1. The molecule has 2 rings (SSSR count). The zero-order valence-electron chi connectivity index (χ0n) is 13.1. The van der Waals surface area contributed by atoms with E-state index in [1.54, 1.807) is 0 Å². The first-order chi connectivity index (χ1) is 8.12. The Bertz CT molecular complexity index is 290. The highest BCUT2D eigenvalue weighted by atomic mass is 15.4. The Hall–Kier alpha value is -0.120. The van der Waals surface area contributed by atoms with Gasteiger partial charge in [-0.25, -0.2) is 0 Å². The van der Waals surface area contributed by atoms with E-state index in [-0.39, 0.29) is 5.54 Å². The molecule has 3 nitrogen and oxygen atoms in total. The fourth-order valence-electron chi connectivity index (χ4n) is 3.16. The van der Waals surface area contributed by atoms with E-state index in [9.17, 15) is 0 Å². The van der Waals surface area contributed by atoms with Crippen LogP contribution in [-0.2, 0) is 0 Å². The van der Waals surface area contributed by atoms with Crippen LogP contribution in [0.25, 0.3) is 0 Å². The number of hydrogen-bond acceptors (Lipinski definition) is 3. The van der Waals surface area contributed by atoms with Gasteiger partial charge in [0.05, 0.1) is 0 Å². The van der Waals surface area contributed by atoms with Crippen molar-refractivity contribution in [2.45, 2.75) is 71.0 Å². The van der Waals surface area contributed by atoms with E-state index < -0.39 is 0 Å². The van der Waals surface area contributed by atoms with Crippen LogP contribution in [0.15, 0.2) is 0 Å². The summed E-state index contributed by atoms with van der Waals surface area (Å²) in [5.74, 6) is 0. The summed E-state index contributed by atoms with van der Waals surface area (Å²) < 4.78 is 0. The molecule has 0 aliphatic carbocycles. The monoisotopic (exact) mass is 253 g/mol. The molecule has 1 N–H and O–H groups in total. The third kappa shape index (κ3) is 2.89. The third-order valence-corrected chi connectivity index (χ3v) is 4.76. The number of piperidine rings is 1. The molecule has 2 heterocycles. The molecule has 0 aromatic rings. The van der Waals surface area contributed by atoms with Gasteiger partial charge in [-0.05, 0) is 54.4 Å². The second-order valence-electron chi connectivity index (χ2n) is 8.14. The van der Waals surface area contributed by atoms with Crippen LogP contribution in [0.1, 0.15) is 54.4 Å². The summed E-state index contributed by atoms with van der Waals surface area (Å²) in [7, 11) is 0. The molecule has 0 saturated carbocycles. The highest BCUT2D eigenvalue weighted by molar-refractivity contribution is 5.02. The number of nitrogens with zero attached hydrogens (tertiary/aromatic N) is 2. The molecular formula is C15H31N3. The average molecular weight is 253 g/mol. The summed E-state index contributed by atoms with van der Waals surface area (Å²) in [6.07, 6.45) is 2.58. The van der Waals surface area contributed by atoms with Gasteiger partial charge in [-0.1, -0.05) is 0 Å². The van der Waals surface area contributed by atoms with Gasteiger partial charge in [-0.15, -0.1) is 0 Å². The van der Waals surface area contributed by atoms with Crippen molar-refractivity contribution in [3.63, 3.8) is 0 Å². The average Bonchev–Trinajstić information content (AvgIpc) is 2.61. The Balaban J connectivity index is 1.94. The van der Waals surface area contributed by atoms with Gasteiger partial charge in [0.25, 0.3) is 0 Å². The zero-order valence-corrected chi connectivity index (χ0v) is 13.1. The van der Waals surface area contributed by atoms with Gasteiger partial charge in [0.1, 0.15) is 0 Å².